The van der Waals surface area contributed by atoms with Crippen LogP contribution >= 0.6 is 11.6 Å². The van der Waals surface area contributed by atoms with Crippen LogP contribution in [0.25, 0.3) is 0 Å². The number of carbonyl (C=O) groups excluding carboxylic acids is 1. The molecule has 23 heavy (non-hydrogen) atoms. The molecule has 0 aliphatic carbocycles. The van der Waals surface area contributed by atoms with Crippen LogP contribution in [0, 0.1) is 13.8 Å². The monoisotopic (exact) mass is 333 g/mol. The van der Waals surface area contributed by atoms with E-state index in [9.17, 15) is 4.79 Å². The Labute approximate surface area is 141 Å². The number of halogens is 1. The lowest BCUT2D eigenvalue weighted by atomic mass is 10.1. The number of hydrogen-bond donors (Lipinski definition) is 1. The van der Waals surface area contributed by atoms with Crippen molar-refractivity contribution in [1.29, 1.82) is 0 Å². The van der Waals surface area contributed by atoms with Crippen molar-refractivity contribution in [3.63, 3.8) is 0 Å². The van der Waals surface area contributed by atoms with E-state index in [0.29, 0.717) is 29.4 Å². The second kappa shape index (κ2) is 7.88. The van der Waals surface area contributed by atoms with Crippen LogP contribution in [-0.2, 0) is 4.74 Å². The number of carbonyl (C=O) groups is 1. The lowest BCUT2D eigenvalue weighted by molar-refractivity contribution is 0.0602. The summed E-state index contributed by atoms with van der Waals surface area (Å²) in [5.74, 6) is 0.435. The number of ether oxygens (including phenoxy) is 2. The van der Waals surface area contributed by atoms with Gasteiger partial charge in [-0.15, -0.1) is 0 Å². The van der Waals surface area contributed by atoms with E-state index in [1.165, 1.54) is 12.7 Å². The smallest absolute Gasteiger partial charge is 0.340 e. The molecule has 2 aromatic rings. The van der Waals surface area contributed by atoms with E-state index in [-0.39, 0.29) is 0 Å². The van der Waals surface area contributed by atoms with Gasteiger partial charge in [0.25, 0.3) is 0 Å². The van der Waals surface area contributed by atoms with Crippen molar-refractivity contribution in [2.45, 2.75) is 13.8 Å². The molecule has 2 rings (SSSR count). The molecule has 2 aromatic carbocycles. The molecule has 0 saturated heterocycles. The molecular weight excluding hydrogens is 314 g/mol. The van der Waals surface area contributed by atoms with Gasteiger partial charge in [-0.25, -0.2) is 4.79 Å². The molecule has 0 radical (unpaired) electrons. The van der Waals surface area contributed by atoms with Gasteiger partial charge in [-0.2, -0.15) is 0 Å². The summed E-state index contributed by atoms with van der Waals surface area (Å²) < 4.78 is 10.6. The van der Waals surface area contributed by atoms with Gasteiger partial charge in [0.05, 0.1) is 23.4 Å². The van der Waals surface area contributed by atoms with Crippen molar-refractivity contribution >= 4 is 23.3 Å². The first kappa shape index (κ1) is 17.2. The molecule has 122 valence electrons. The molecule has 1 N–H and O–H groups in total. The summed E-state index contributed by atoms with van der Waals surface area (Å²) in [5, 5.41) is 3.62. The van der Waals surface area contributed by atoms with Gasteiger partial charge in [0.2, 0.25) is 0 Å². The quantitative estimate of drug-likeness (QED) is 0.634. The van der Waals surface area contributed by atoms with Gasteiger partial charge in [-0.3, -0.25) is 0 Å². The van der Waals surface area contributed by atoms with Crippen LogP contribution in [0.3, 0.4) is 0 Å². The van der Waals surface area contributed by atoms with E-state index in [2.05, 4.69) is 5.32 Å². The maximum Gasteiger partial charge on any atom is 0.340 e. The minimum absolute atomic E-state index is 0.409. The first-order valence-electron chi connectivity index (χ1n) is 7.34. The SMILES string of the molecule is COC(=O)c1cccc(Cl)c1NCCOc1cccc(C)c1C. The number of hydrogen-bond acceptors (Lipinski definition) is 4. The highest BCUT2D eigenvalue weighted by molar-refractivity contribution is 6.34. The number of methoxy groups -OCH3 is 1. The lowest BCUT2D eigenvalue weighted by Gasteiger charge is -2.14. The standard InChI is InChI=1S/C18H20ClNO3/c1-12-6-4-9-16(13(12)2)23-11-10-20-17-14(18(21)22-3)7-5-8-15(17)19/h4-9,20H,10-11H2,1-3H3. The van der Waals surface area contributed by atoms with E-state index in [1.54, 1.807) is 18.2 Å². The number of rotatable bonds is 6. The number of esters is 1. The summed E-state index contributed by atoms with van der Waals surface area (Å²) >= 11 is 6.16. The summed E-state index contributed by atoms with van der Waals surface area (Å²) in [4.78, 5) is 11.8. The van der Waals surface area contributed by atoms with Crippen molar-refractivity contribution in [3.05, 3.63) is 58.1 Å². The molecule has 0 fully saturated rings. The summed E-state index contributed by atoms with van der Waals surface area (Å²) in [6.45, 7) is 5.05. The first-order valence-corrected chi connectivity index (χ1v) is 7.72. The topological polar surface area (TPSA) is 47.6 Å². The van der Waals surface area contributed by atoms with Crippen molar-refractivity contribution in [2.75, 3.05) is 25.6 Å². The fraction of sp³-hybridized carbons (Fsp3) is 0.278. The van der Waals surface area contributed by atoms with E-state index in [0.717, 1.165) is 11.3 Å². The Bertz CT molecular complexity index is 701. The van der Waals surface area contributed by atoms with Crippen molar-refractivity contribution in [2.24, 2.45) is 0 Å². The Morgan fingerprint density at radius 2 is 1.91 bits per heavy atom. The highest BCUT2D eigenvalue weighted by Gasteiger charge is 2.14. The van der Waals surface area contributed by atoms with Gasteiger partial charge in [0, 0.05) is 6.54 Å². The molecule has 5 heteroatoms. The Hall–Kier alpha value is -2.20. The van der Waals surface area contributed by atoms with Gasteiger partial charge in [-0.1, -0.05) is 29.8 Å². The Kier molecular flexibility index (Phi) is 5.88. The predicted octanol–water partition coefficient (Wildman–Crippen LogP) is 4.23. The molecular formula is C18H20ClNO3. The van der Waals surface area contributed by atoms with E-state index >= 15 is 0 Å². The maximum atomic E-state index is 11.8. The summed E-state index contributed by atoms with van der Waals surface area (Å²) in [7, 11) is 1.34. The van der Waals surface area contributed by atoms with Crippen LogP contribution in [0.5, 0.6) is 5.75 Å². The second-order valence-electron chi connectivity index (χ2n) is 5.13. The molecule has 0 aliphatic heterocycles. The van der Waals surface area contributed by atoms with Crippen LogP contribution in [-0.4, -0.2) is 26.2 Å². The highest BCUT2D eigenvalue weighted by Crippen LogP contribution is 2.26. The van der Waals surface area contributed by atoms with Crippen molar-refractivity contribution < 1.29 is 14.3 Å². The van der Waals surface area contributed by atoms with Gasteiger partial charge in [0.1, 0.15) is 12.4 Å². The zero-order valence-electron chi connectivity index (χ0n) is 13.5. The van der Waals surface area contributed by atoms with Crippen LogP contribution in [0.1, 0.15) is 21.5 Å². The predicted molar refractivity (Wildman–Crippen MR) is 92.7 cm³/mol. The first-order chi connectivity index (χ1) is 11.0. The molecule has 0 saturated carbocycles. The zero-order chi connectivity index (χ0) is 16.8. The molecule has 0 atom stereocenters. The molecule has 0 heterocycles. The minimum atomic E-state index is -0.426. The van der Waals surface area contributed by atoms with Crippen LogP contribution in [0.4, 0.5) is 5.69 Å². The molecule has 4 nitrogen and oxygen atoms in total. The van der Waals surface area contributed by atoms with Crippen molar-refractivity contribution in [3.8, 4) is 5.75 Å². The largest absolute Gasteiger partial charge is 0.491 e. The van der Waals surface area contributed by atoms with Gasteiger partial charge in [-0.05, 0) is 43.2 Å². The Morgan fingerprint density at radius 1 is 1.17 bits per heavy atom. The number of benzene rings is 2. The average Bonchev–Trinajstić information content (AvgIpc) is 2.55. The molecule has 0 amide bonds. The average molecular weight is 334 g/mol. The summed E-state index contributed by atoms with van der Waals surface area (Å²) in [6, 6.07) is 11.1. The van der Waals surface area contributed by atoms with Gasteiger partial charge in [0.15, 0.2) is 0 Å². The van der Waals surface area contributed by atoms with Crippen molar-refractivity contribution in [1.82, 2.24) is 0 Å². The zero-order valence-corrected chi connectivity index (χ0v) is 14.2. The number of para-hydroxylation sites is 1. The minimum Gasteiger partial charge on any atom is -0.491 e. The van der Waals surface area contributed by atoms with E-state index < -0.39 is 5.97 Å². The third-order valence-corrected chi connectivity index (χ3v) is 3.95. The fourth-order valence-corrected chi connectivity index (χ4v) is 2.44. The highest BCUT2D eigenvalue weighted by atomic mass is 35.5. The van der Waals surface area contributed by atoms with Crippen LogP contribution in [0.15, 0.2) is 36.4 Å². The fourth-order valence-electron chi connectivity index (χ4n) is 2.20. The van der Waals surface area contributed by atoms with E-state index in [1.807, 2.05) is 32.0 Å². The van der Waals surface area contributed by atoms with Gasteiger partial charge < -0.3 is 14.8 Å². The third kappa shape index (κ3) is 4.17. The van der Waals surface area contributed by atoms with Gasteiger partial charge >= 0.3 is 5.97 Å². The normalized spacial score (nSPS) is 10.3. The molecule has 0 unspecified atom stereocenters. The Balaban J connectivity index is 1.99. The molecule has 0 spiro atoms. The number of nitrogens with one attached hydrogen (secondary N) is 1. The van der Waals surface area contributed by atoms with Crippen LogP contribution in [0.2, 0.25) is 5.02 Å². The van der Waals surface area contributed by atoms with E-state index in [4.69, 9.17) is 21.1 Å². The Morgan fingerprint density at radius 3 is 2.65 bits per heavy atom. The second-order valence-corrected chi connectivity index (χ2v) is 5.53. The lowest BCUT2D eigenvalue weighted by Crippen LogP contribution is -2.15. The molecule has 0 bridgehead atoms. The maximum absolute atomic E-state index is 11.8. The summed E-state index contributed by atoms with van der Waals surface area (Å²) in [5.41, 5.74) is 3.28. The number of aryl methyl sites for hydroxylation is 1. The summed E-state index contributed by atoms with van der Waals surface area (Å²) in [6.07, 6.45) is 0. The van der Waals surface area contributed by atoms with Crippen LogP contribution < -0.4 is 10.1 Å². The molecule has 0 aromatic heterocycles. The number of anilines is 1. The third-order valence-electron chi connectivity index (χ3n) is 3.64. The molecule has 0 aliphatic rings.